The molecule has 1 aliphatic heterocycles. The lowest BCUT2D eigenvalue weighted by Gasteiger charge is -2.34. The van der Waals surface area contributed by atoms with E-state index >= 15 is 0 Å². The zero-order valence-corrected chi connectivity index (χ0v) is 18.6. The maximum Gasteiger partial charge on any atom is 0.263 e. The molecule has 1 atom stereocenters. The van der Waals surface area contributed by atoms with Crippen molar-refractivity contribution in [2.75, 3.05) is 29.4 Å². The van der Waals surface area contributed by atoms with E-state index in [9.17, 15) is 13.2 Å². The molecule has 0 saturated carbocycles. The van der Waals surface area contributed by atoms with E-state index in [1.165, 1.54) is 17.2 Å². The van der Waals surface area contributed by atoms with Gasteiger partial charge in [-0.05, 0) is 30.7 Å². The number of hydrogen-bond acceptors (Lipinski definition) is 5. The normalized spacial score (nSPS) is 16.1. The van der Waals surface area contributed by atoms with Gasteiger partial charge in [0.05, 0.1) is 18.5 Å². The van der Waals surface area contributed by atoms with Gasteiger partial charge in [0, 0.05) is 23.1 Å². The molecule has 2 aromatic carbocycles. The standard InChI is InChI=1S/C20H23ClN2O4S2/c1-14-3-5-15(6-4-14)13-28-10-9-22-20(24)19-12-23(29(2,25)26)17-11-16(21)7-8-18(17)27-19/h3-8,11,19H,9-10,12-13H2,1-2H3,(H,22,24)/t19-/m1/s1. The predicted octanol–water partition coefficient (Wildman–Crippen LogP) is 3.23. The number of sulfonamides is 1. The summed E-state index contributed by atoms with van der Waals surface area (Å²) in [5.41, 5.74) is 2.81. The van der Waals surface area contributed by atoms with Crippen molar-refractivity contribution in [1.82, 2.24) is 5.32 Å². The Kier molecular flexibility index (Phi) is 6.97. The summed E-state index contributed by atoms with van der Waals surface area (Å²) in [6, 6.07) is 13.1. The fourth-order valence-corrected chi connectivity index (χ4v) is 4.80. The number of ether oxygens (including phenoxy) is 1. The fourth-order valence-electron chi connectivity index (χ4n) is 2.91. The lowest BCUT2D eigenvalue weighted by atomic mass is 10.2. The first-order chi connectivity index (χ1) is 13.7. The number of halogens is 1. The molecular weight excluding hydrogens is 432 g/mol. The van der Waals surface area contributed by atoms with Crippen molar-refractivity contribution in [3.63, 3.8) is 0 Å². The third kappa shape index (κ3) is 5.81. The monoisotopic (exact) mass is 454 g/mol. The van der Waals surface area contributed by atoms with Crippen LogP contribution in [0.3, 0.4) is 0 Å². The molecule has 156 valence electrons. The molecule has 2 aromatic rings. The number of carbonyl (C=O) groups is 1. The molecule has 0 bridgehead atoms. The first-order valence-electron chi connectivity index (χ1n) is 9.09. The molecule has 1 N–H and O–H groups in total. The van der Waals surface area contributed by atoms with Crippen molar-refractivity contribution in [1.29, 1.82) is 0 Å². The SMILES string of the molecule is Cc1ccc(CSCCNC(=O)[C@H]2CN(S(C)(=O)=O)c3cc(Cl)ccc3O2)cc1. The number of carbonyl (C=O) groups excluding carboxylic acids is 1. The number of aryl methyl sites for hydroxylation is 1. The minimum atomic E-state index is -3.57. The molecule has 0 fully saturated rings. The molecule has 1 amide bonds. The van der Waals surface area contributed by atoms with Gasteiger partial charge in [0.15, 0.2) is 6.10 Å². The average Bonchev–Trinajstić information content (AvgIpc) is 2.67. The molecular formula is C20H23ClN2O4S2. The minimum Gasteiger partial charge on any atom is -0.476 e. The second kappa shape index (κ2) is 9.28. The fraction of sp³-hybridized carbons (Fsp3) is 0.350. The van der Waals surface area contributed by atoms with Crippen LogP contribution >= 0.6 is 23.4 Å². The van der Waals surface area contributed by atoms with Crippen LogP contribution in [0, 0.1) is 6.92 Å². The van der Waals surface area contributed by atoms with E-state index in [0.717, 1.165) is 22.1 Å². The number of anilines is 1. The number of fused-ring (bicyclic) bond motifs is 1. The van der Waals surface area contributed by atoms with Crippen LogP contribution in [0.1, 0.15) is 11.1 Å². The molecule has 0 unspecified atom stereocenters. The van der Waals surface area contributed by atoms with Gasteiger partial charge in [0.25, 0.3) is 5.91 Å². The summed E-state index contributed by atoms with van der Waals surface area (Å²) in [5, 5.41) is 3.23. The van der Waals surface area contributed by atoms with Crippen LogP contribution in [0.5, 0.6) is 5.75 Å². The molecule has 9 heteroatoms. The quantitative estimate of drug-likeness (QED) is 0.650. The molecule has 29 heavy (non-hydrogen) atoms. The topological polar surface area (TPSA) is 75.7 Å². The number of thioether (sulfide) groups is 1. The van der Waals surface area contributed by atoms with Crippen molar-refractivity contribution < 1.29 is 17.9 Å². The Bertz CT molecular complexity index is 980. The molecule has 0 radical (unpaired) electrons. The van der Waals surface area contributed by atoms with Crippen LogP contribution in [0.15, 0.2) is 42.5 Å². The van der Waals surface area contributed by atoms with Gasteiger partial charge in [-0.2, -0.15) is 11.8 Å². The van der Waals surface area contributed by atoms with Crippen LogP contribution in [-0.2, 0) is 20.6 Å². The summed E-state index contributed by atoms with van der Waals surface area (Å²) in [4.78, 5) is 12.5. The highest BCUT2D eigenvalue weighted by atomic mass is 35.5. The molecule has 6 nitrogen and oxygen atoms in total. The zero-order chi connectivity index (χ0) is 21.0. The summed E-state index contributed by atoms with van der Waals surface area (Å²) in [6.07, 6.45) is 0.181. The van der Waals surface area contributed by atoms with E-state index in [1.807, 2.05) is 0 Å². The highest BCUT2D eigenvalue weighted by molar-refractivity contribution is 7.98. The molecule has 3 rings (SSSR count). The Morgan fingerprint density at radius 1 is 1.28 bits per heavy atom. The van der Waals surface area contributed by atoms with Gasteiger partial charge >= 0.3 is 0 Å². The Morgan fingerprint density at radius 2 is 2.00 bits per heavy atom. The maximum absolute atomic E-state index is 12.5. The van der Waals surface area contributed by atoms with Crippen LogP contribution in [0.25, 0.3) is 0 Å². The van der Waals surface area contributed by atoms with Crippen molar-refractivity contribution in [3.8, 4) is 5.75 Å². The number of hydrogen-bond donors (Lipinski definition) is 1. The van der Waals surface area contributed by atoms with Crippen LogP contribution < -0.4 is 14.4 Å². The van der Waals surface area contributed by atoms with Crippen LogP contribution in [-0.4, -0.2) is 45.5 Å². The van der Waals surface area contributed by atoms with E-state index in [1.54, 1.807) is 23.9 Å². The zero-order valence-electron chi connectivity index (χ0n) is 16.2. The van der Waals surface area contributed by atoms with Gasteiger partial charge < -0.3 is 10.1 Å². The van der Waals surface area contributed by atoms with Crippen molar-refractivity contribution in [3.05, 3.63) is 58.6 Å². The molecule has 1 aliphatic rings. The summed E-state index contributed by atoms with van der Waals surface area (Å²) in [7, 11) is -3.57. The van der Waals surface area contributed by atoms with Crippen LogP contribution in [0.2, 0.25) is 5.02 Å². The maximum atomic E-state index is 12.5. The Hall–Kier alpha value is -1.90. The highest BCUT2D eigenvalue weighted by Crippen LogP contribution is 2.37. The van der Waals surface area contributed by atoms with E-state index in [4.69, 9.17) is 16.3 Å². The van der Waals surface area contributed by atoms with E-state index in [0.29, 0.717) is 23.0 Å². The Morgan fingerprint density at radius 3 is 2.69 bits per heavy atom. The van der Waals surface area contributed by atoms with Gasteiger partial charge in [0.2, 0.25) is 10.0 Å². The Labute approximate surface area is 180 Å². The number of nitrogens with zero attached hydrogens (tertiary/aromatic N) is 1. The number of rotatable bonds is 7. The minimum absolute atomic E-state index is 0.0888. The summed E-state index contributed by atoms with van der Waals surface area (Å²) in [6.45, 7) is 2.44. The second-order valence-corrected chi connectivity index (χ2v) is 10.3. The largest absolute Gasteiger partial charge is 0.476 e. The summed E-state index contributed by atoms with van der Waals surface area (Å²) in [5.74, 6) is 1.59. The van der Waals surface area contributed by atoms with Gasteiger partial charge in [-0.15, -0.1) is 0 Å². The Balaban J connectivity index is 1.54. The average molecular weight is 455 g/mol. The molecule has 0 spiro atoms. The number of nitrogens with one attached hydrogen (secondary N) is 1. The molecule has 0 saturated heterocycles. The van der Waals surface area contributed by atoms with Gasteiger partial charge in [-0.1, -0.05) is 41.4 Å². The first kappa shape index (κ1) is 21.8. The number of benzene rings is 2. The van der Waals surface area contributed by atoms with Crippen molar-refractivity contribution in [2.45, 2.75) is 18.8 Å². The molecule has 0 aliphatic carbocycles. The first-order valence-corrected chi connectivity index (χ1v) is 12.5. The highest BCUT2D eigenvalue weighted by Gasteiger charge is 2.35. The van der Waals surface area contributed by atoms with Crippen molar-refractivity contribution >= 4 is 45.0 Å². The molecule has 1 heterocycles. The third-order valence-electron chi connectivity index (χ3n) is 4.42. The van der Waals surface area contributed by atoms with E-state index in [-0.39, 0.29) is 12.5 Å². The van der Waals surface area contributed by atoms with Gasteiger partial charge in [0.1, 0.15) is 5.75 Å². The summed E-state index contributed by atoms with van der Waals surface area (Å²) < 4.78 is 31.2. The predicted molar refractivity (Wildman–Crippen MR) is 118 cm³/mol. The molecule has 0 aromatic heterocycles. The third-order valence-corrected chi connectivity index (χ3v) is 6.83. The number of amides is 1. The summed E-state index contributed by atoms with van der Waals surface area (Å²) >= 11 is 7.70. The second-order valence-electron chi connectivity index (χ2n) is 6.84. The van der Waals surface area contributed by atoms with Gasteiger partial charge in [-0.3, -0.25) is 9.10 Å². The van der Waals surface area contributed by atoms with E-state index < -0.39 is 16.1 Å². The van der Waals surface area contributed by atoms with Crippen molar-refractivity contribution in [2.24, 2.45) is 0 Å². The smallest absolute Gasteiger partial charge is 0.263 e. The van der Waals surface area contributed by atoms with Crippen LogP contribution in [0.4, 0.5) is 5.69 Å². The van der Waals surface area contributed by atoms with Gasteiger partial charge in [-0.25, -0.2) is 8.42 Å². The lowest BCUT2D eigenvalue weighted by molar-refractivity contribution is -0.127. The van der Waals surface area contributed by atoms with E-state index in [2.05, 4.69) is 36.5 Å². The lowest BCUT2D eigenvalue weighted by Crippen LogP contribution is -2.50.